The van der Waals surface area contributed by atoms with Gasteiger partial charge in [0.05, 0.1) is 21.3 Å². The van der Waals surface area contributed by atoms with Gasteiger partial charge in [-0.25, -0.2) is 9.97 Å². The minimum absolute atomic E-state index is 0.000000596. The highest BCUT2D eigenvalue weighted by molar-refractivity contribution is 5.99. The normalized spacial score (nSPS) is 15.3. The van der Waals surface area contributed by atoms with Crippen LogP contribution in [-0.2, 0) is 13.0 Å². The lowest BCUT2D eigenvalue weighted by atomic mass is 9.99. The zero-order valence-electron chi connectivity index (χ0n) is 21.1. The highest BCUT2D eigenvalue weighted by atomic mass is 16.5. The number of fused-ring (bicyclic) bond motifs is 1. The first-order chi connectivity index (χ1) is 17.6. The van der Waals surface area contributed by atoms with Crippen LogP contribution in [0.15, 0.2) is 42.6 Å². The molecule has 0 N–H and O–H groups in total. The number of carbonyl (C=O) groups is 1. The molecule has 0 unspecified atom stereocenters. The number of likely N-dealkylation sites (tertiary alicyclic amines) is 1. The Balaban J connectivity index is 1.59. The van der Waals surface area contributed by atoms with Crippen LogP contribution in [0.1, 0.15) is 40.7 Å². The number of piperidine rings is 1. The molecule has 1 amide bonds. The summed E-state index contributed by atoms with van der Waals surface area (Å²) in [6, 6.07) is 12.1. The van der Waals surface area contributed by atoms with E-state index < -0.39 is 0 Å². The third kappa shape index (κ3) is 4.55. The average molecular weight is 489 g/mol. The summed E-state index contributed by atoms with van der Waals surface area (Å²) in [4.78, 5) is 27.3. The predicted molar refractivity (Wildman–Crippen MR) is 138 cm³/mol. The van der Waals surface area contributed by atoms with Crippen molar-refractivity contribution in [2.75, 3.05) is 45.9 Å². The number of carbonyl (C=O) groups excluding carboxylic acids is 1. The van der Waals surface area contributed by atoms with Crippen molar-refractivity contribution >= 4 is 11.7 Å². The molecule has 1 aromatic heterocycles. The lowest BCUT2D eigenvalue weighted by molar-refractivity contribution is 0.0724. The van der Waals surface area contributed by atoms with Gasteiger partial charge in [-0.15, -0.1) is 0 Å². The Kier molecular flexibility index (Phi) is 6.93. The van der Waals surface area contributed by atoms with Crippen LogP contribution in [0.25, 0.3) is 11.4 Å². The van der Waals surface area contributed by atoms with E-state index >= 15 is 0 Å². The lowest BCUT2D eigenvalue weighted by Gasteiger charge is -2.33. The molecule has 8 nitrogen and oxygen atoms in total. The van der Waals surface area contributed by atoms with E-state index in [-0.39, 0.29) is 5.91 Å². The highest BCUT2D eigenvalue weighted by Gasteiger charge is 2.28. The molecule has 0 atom stereocenters. The summed E-state index contributed by atoms with van der Waals surface area (Å²) in [6.45, 7) is 3.02. The van der Waals surface area contributed by atoms with Gasteiger partial charge in [0.2, 0.25) is 5.75 Å². The number of anilines is 1. The van der Waals surface area contributed by atoms with Crippen molar-refractivity contribution in [3.8, 4) is 28.6 Å². The molecular formula is C28H32N4O4. The lowest BCUT2D eigenvalue weighted by Crippen LogP contribution is -2.38. The van der Waals surface area contributed by atoms with Crippen LogP contribution in [0, 0.1) is 0 Å². The molecule has 2 aromatic carbocycles. The van der Waals surface area contributed by atoms with Gasteiger partial charge in [-0.2, -0.15) is 0 Å². The maximum absolute atomic E-state index is 13.6. The summed E-state index contributed by atoms with van der Waals surface area (Å²) < 4.78 is 16.5. The van der Waals surface area contributed by atoms with Crippen LogP contribution in [-0.4, -0.2) is 61.7 Å². The third-order valence-electron chi connectivity index (χ3n) is 7.00. The number of amides is 1. The summed E-state index contributed by atoms with van der Waals surface area (Å²) in [5.74, 6) is 2.72. The first-order valence-corrected chi connectivity index (χ1v) is 12.4. The maximum atomic E-state index is 13.6. The minimum Gasteiger partial charge on any atom is -0.493 e. The van der Waals surface area contributed by atoms with Crippen molar-refractivity contribution in [3.05, 3.63) is 59.3 Å². The van der Waals surface area contributed by atoms with Crippen molar-refractivity contribution in [3.63, 3.8) is 0 Å². The van der Waals surface area contributed by atoms with Crippen molar-refractivity contribution in [2.24, 2.45) is 0 Å². The van der Waals surface area contributed by atoms with Gasteiger partial charge in [0.1, 0.15) is 11.4 Å². The SMILES string of the molecule is COc1cc(-c2ncc(C(=O)N3CCCCC3)c(N3CCc4ccccc4C3)n2)cc(OC)c1OC. The van der Waals surface area contributed by atoms with Crippen molar-refractivity contribution in [2.45, 2.75) is 32.2 Å². The fraction of sp³-hybridized carbons (Fsp3) is 0.393. The topological polar surface area (TPSA) is 77.0 Å². The van der Waals surface area contributed by atoms with E-state index in [0.717, 1.165) is 50.9 Å². The average Bonchev–Trinajstić information content (AvgIpc) is 2.95. The van der Waals surface area contributed by atoms with E-state index in [9.17, 15) is 4.79 Å². The van der Waals surface area contributed by atoms with E-state index in [1.54, 1.807) is 27.5 Å². The summed E-state index contributed by atoms with van der Waals surface area (Å²) in [5.41, 5.74) is 3.87. The van der Waals surface area contributed by atoms with E-state index in [2.05, 4.69) is 34.1 Å². The van der Waals surface area contributed by atoms with Gasteiger partial charge in [0, 0.05) is 37.9 Å². The molecule has 36 heavy (non-hydrogen) atoms. The molecule has 2 aliphatic rings. The number of hydrogen-bond donors (Lipinski definition) is 0. The van der Waals surface area contributed by atoms with E-state index in [1.807, 2.05) is 17.0 Å². The zero-order valence-corrected chi connectivity index (χ0v) is 21.1. The second-order valence-corrected chi connectivity index (χ2v) is 9.14. The fourth-order valence-electron chi connectivity index (χ4n) is 5.06. The molecule has 188 valence electrons. The standard InChI is InChI=1S/C28H32N4O4/c1-34-23-15-21(16-24(35-2)25(23)36-3)26-29-17-22(28(33)31-12-7-4-8-13-31)27(30-26)32-14-11-19-9-5-6-10-20(19)18-32/h5-6,9-10,15-17H,4,7-8,11-14,18H2,1-3H3. The Morgan fingerprint density at radius 3 is 2.25 bits per heavy atom. The van der Waals surface area contributed by atoms with Crippen LogP contribution in [0.5, 0.6) is 17.2 Å². The molecule has 0 spiro atoms. The van der Waals surface area contributed by atoms with Crippen molar-refractivity contribution < 1.29 is 19.0 Å². The molecule has 3 heterocycles. The van der Waals surface area contributed by atoms with E-state index in [1.165, 1.54) is 11.1 Å². The Morgan fingerprint density at radius 2 is 1.58 bits per heavy atom. The van der Waals surface area contributed by atoms with E-state index in [0.29, 0.717) is 41.0 Å². The maximum Gasteiger partial charge on any atom is 0.259 e. The molecule has 0 bridgehead atoms. The largest absolute Gasteiger partial charge is 0.493 e. The second-order valence-electron chi connectivity index (χ2n) is 9.14. The Bertz CT molecular complexity index is 1230. The molecule has 1 saturated heterocycles. The number of aromatic nitrogens is 2. The zero-order chi connectivity index (χ0) is 25.1. The van der Waals surface area contributed by atoms with Gasteiger partial charge in [-0.05, 0) is 48.9 Å². The molecule has 0 aliphatic carbocycles. The van der Waals surface area contributed by atoms with Crippen molar-refractivity contribution in [1.29, 1.82) is 0 Å². The molecule has 1 fully saturated rings. The molecule has 5 rings (SSSR count). The second kappa shape index (κ2) is 10.4. The monoisotopic (exact) mass is 488 g/mol. The number of benzene rings is 2. The van der Waals surface area contributed by atoms with E-state index in [4.69, 9.17) is 19.2 Å². The highest BCUT2D eigenvalue weighted by Crippen LogP contribution is 2.41. The van der Waals surface area contributed by atoms with Crippen molar-refractivity contribution in [1.82, 2.24) is 14.9 Å². The van der Waals surface area contributed by atoms with Gasteiger partial charge in [-0.3, -0.25) is 4.79 Å². The predicted octanol–water partition coefficient (Wildman–Crippen LogP) is 4.36. The molecule has 8 heteroatoms. The van der Waals surface area contributed by atoms with Crippen LogP contribution in [0.4, 0.5) is 5.82 Å². The molecule has 0 radical (unpaired) electrons. The van der Waals surface area contributed by atoms with Crippen LogP contribution >= 0.6 is 0 Å². The summed E-state index contributed by atoms with van der Waals surface area (Å²) in [6.07, 6.45) is 5.80. The van der Waals surface area contributed by atoms with Crippen LogP contribution < -0.4 is 19.1 Å². The third-order valence-corrected chi connectivity index (χ3v) is 7.00. The number of hydrogen-bond acceptors (Lipinski definition) is 7. The quantitative estimate of drug-likeness (QED) is 0.510. The number of ether oxygens (including phenoxy) is 3. The number of rotatable bonds is 6. The first-order valence-electron chi connectivity index (χ1n) is 12.4. The van der Waals surface area contributed by atoms with Gasteiger partial charge in [-0.1, -0.05) is 24.3 Å². The van der Waals surface area contributed by atoms with Gasteiger partial charge >= 0.3 is 0 Å². The fourth-order valence-corrected chi connectivity index (χ4v) is 5.06. The summed E-state index contributed by atoms with van der Waals surface area (Å²) in [5, 5.41) is 0. The van der Waals surface area contributed by atoms with Gasteiger partial charge in [0.25, 0.3) is 5.91 Å². The minimum atomic E-state index is 0.000000596. The molecule has 2 aliphatic heterocycles. The first kappa shape index (κ1) is 23.9. The number of methoxy groups -OCH3 is 3. The summed E-state index contributed by atoms with van der Waals surface area (Å²) >= 11 is 0. The smallest absolute Gasteiger partial charge is 0.259 e. The van der Waals surface area contributed by atoms with Gasteiger partial charge < -0.3 is 24.0 Å². The number of nitrogens with zero attached hydrogens (tertiary/aromatic N) is 4. The summed E-state index contributed by atoms with van der Waals surface area (Å²) in [7, 11) is 4.74. The van der Waals surface area contributed by atoms with Crippen LogP contribution in [0.2, 0.25) is 0 Å². The van der Waals surface area contributed by atoms with Gasteiger partial charge in [0.15, 0.2) is 17.3 Å². The molecule has 3 aromatic rings. The Hall–Kier alpha value is -3.81. The molecular weight excluding hydrogens is 456 g/mol. The van der Waals surface area contributed by atoms with Crippen LogP contribution in [0.3, 0.4) is 0 Å². The Labute approximate surface area is 211 Å². The Morgan fingerprint density at radius 1 is 0.889 bits per heavy atom. The molecule has 0 saturated carbocycles.